The van der Waals surface area contributed by atoms with E-state index in [0.29, 0.717) is 47.2 Å². The lowest BCUT2D eigenvalue weighted by Gasteiger charge is -2.14. The van der Waals surface area contributed by atoms with Crippen molar-refractivity contribution in [1.29, 1.82) is 0 Å². The summed E-state index contributed by atoms with van der Waals surface area (Å²) in [5.41, 5.74) is 1.91. The van der Waals surface area contributed by atoms with E-state index < -0.39 is 11.4 Å². The molecule has 0 aliphatic heterocycles. The number of likely N-dealkylation sites (N-methyl/N-ethyl adjacent to an activating group) is 1. The summed E-state index contributed by atoms with van der Waals surface area (Å²) in [7, 11) is 3.32. The van der Waals surface area contributed by atoms with Crippen LogP contribution in [0, 0.1) is 18.7 Å². The van der Waals surface area contributed by atoms with E-state index in [-0.39, 0.29) is 48.7 Å². The molecule has 0 saturated heterocycles. The van der Waals surface area contributed by atoms with Crippen LogP contribution in [0.25, 0.3) is 11.0 Å². The van der Waals surface area contributed by atoms with Crippen molar-refractivity contribution in [3.05, 3.63) is 69.7 Å². The number of carbonyl (C=O) groups is 2. The van der Waals surface area contributed by atoms with Crippen LogP contribution < -0.4 is 10.9 Å². The molecule has 1 N–H and O–H groups in total. The Hall–Kier alpha value is -3.47. The van der Waals surface area contributed by atoms with Crippen molar-refractivity contribution in [1.82, 2.24) is 18.4 Å². The van der Waals surface area contributed by atoms with Gasteiger partial charge in [0.25, 0.3) is 5.56 Å². The number of rotatable bonds is 11. The molecule has 204 valence electrons. The molecule has 3 aromatic rings. The second-order valence-electron chi connectivity index (χ2n) is 9.77. The summed E-state index contributed by atoms with van der Waals surface area (Å²) in [4.78, 5) is 42.8. The summed E-state index contributed by atoms with van der Waals surface area (Å²) in [6.45, 7) is 5.66. The molecule has 0 aliphatic rings. The first kappa shape index (κ1) is 29.1. The number of hydrogen-bond donors (Lipinski definition) is 1. The summed E-state index contributed by atoms with van der Waals surface area (Å²) in [5.74, 6) is -0.801. The van der Waals surface area contributed by atoms with Crippen LogP contribution in [0.2, 0.25) is 0 Å². The lowest BCUT2D eigenvalue weighted by Crippen LogP contribution is -2.28. The number of nitrogens with zero attached hydrogens (tertiary/aromatic N) is 4. The van der Waals surface area contributed by atoms with E-state index >= 15 is 0 Å². The molecule has 0 aromatic carbocycles. The Morgan fingerprint density at radius 1 is 1.26 bits per heavy atom. The molecular weight excluding hydrogens is 512 g/mol. The quantitative estimate of drug-likeness (QED) is 0.270. The zero-order chi connectivity index (χ0) is 28.0. The maximum atomic E-state index is 14.6. The third-order valence-corrected chi connectivity index (χ3v) is 6.60. The fourth-order valence-electron chi connectivity index (χ4n) is 4.07. The van der Waals surface area contributed by atoms with Crippen molar-refractivity contribution < 1.29 is 17.9 Å². The number of carbonyl (C=O) groups excluding carboxylic acids is 2. The number of allylic oxidation sites excluding steroid dienone is 1. The number of aromatic nitrogens is 3. The molecule has 3 rings (SSSR count). The smallest absolute Gasteiger partial charge is 0.274 e. The molecule has 3 heterocycles. The predicted molar refractivity (Wildman–Crippen MR) is 147 cm³/mol. The van der Waals surface area contributed by atoms with Gasteiger partial charge in [0.15, 0.2) is 12.3 Å². The van der Waals surface area contributed by atoms with E-state index in [1.165, 1.54) is 19.5 Å². The Morgan fingerprint density at radius 3 is 2.66 bits per heavy atom. The molecule has 0 atom stereocenters. The van der Waals surface area contributed by atoms with Gasteiger partial charge in [0.1, 0.15) is 11.5 Å². The van der Waals surface area contributed by atoms with Gasteiger partial charge < -0.3 is 14.8 Å². The molecule has 0 unspecified atom stereocenters. The van der Waals surface area contributed by atoms with E-state index in [0.717, 1.165) is 6.20 Å². The summed E-state index contributed by atoms with van der Waals surface area (Å²) in [6.07, 6.45) is 5.96. The van der Waals surface area contributed by atoms with Gasteiger partial charge in [-0.1, -0.05) is 19.9 Å². The lowest BCUT2D eigenvalue weighted by molar-refractivity contribution is -0.123. The minimum atomic E-state index is -0.496. The number of nitrogens with one attached hydrogen (secondary N) is 1. The Bertz CT molecular complexity index is 1410. The third kappa shape index (κ3) is 6.89. The minimum Gasteiger partial charge on any atom is -0.345 e. The molecule has 0 bridgehead atoms. The van der Waals surface area contributed by atoms with E-state index in [1.807, 2.05) is 13.8 Å². The van der Waals surface area contributed by atoms with Crippen LogP contribution in [0.15, 0.2) is 41.3 Å². The van der Waals surface area contributed by atoms with Crippen molar-refractivity contribution in [3.63, 3.8) is 0 Å². The van der Waals surface area contributed by atoms with Crippen LogP contribution in [0.3, 0.4) is 0 Å². The molecule has 0 radical (unpaired) electrons. The van der Waals surface area contributed by atoms with Crippen LogP contribution >= 0.6 is 12.3 Å². The second-order valence-corrected chi connectivity index (χ2v) is 10.3. The van der Waals surface area contributed by atoms with E-state index in [9.17, 15) is 22.7 Å². The lowest BCUT2D eigenvalue weighted by atomic mass is 10.0. The van der Waals surface area contributed by atoms with Gasteiger partial charge in [-0.05, 0) is 56.4 Å². The number of pyridine rings is 2. The Kier molecular flexibility index (Phi) is 9.84. The fraction of sp³-hybridized carbons (Fsp3) is 0.407. The third-order valence-electron chi connectivity index (χ3n) is 6.04. The highest BCUT2D eigenvalue weighted by Gasteiger charge is 2.20. The Morgan fingerprint density at radius 2 is 2.00 bits per heavy atom. The molecule has 0 aliphatic carbocycles. The van der Waals surface area contributed by atoms with E-state index in [4.69, 9.17) is 0 Å². The monoisotopic (exact) mass is 545 g/mol. The van der Waals surface area contributed by atoms with E-state index in [2.05, 4.69) is 10.3 Å². The van der Waals surface area contributed by atoms with Gasteiger partial charge in [0.05, 0.1) is 29.5 Å². The largest absolute Gasteiger partial charge is 0.345 e. The highest BCUT2D eigenvalue weighted by Crippen LogP contribution is 2.30. The zero-order valence-electron chi connectivity index (χ0n) is 22.3. The normalized spacial score (nSPS) is 11.6. The van der Waals surface area contributed by atoms with Gasteiger partial charge in [-0.15, -0.1) is 3.89 Å². The van der Waals surface area contributed by atoms with Crippen LogP contribution in [-0.4, -0.2) is 44.3 Å². The second kappa shape index (κ2) is 12.9. The number of aryl methyl sites for hydroxylation is 1. The minimum absolute atomic E-state index is 0.00902. The molecule has 38 heavy (non-hydrogen) atoms. The average molecular weight is 546 g/mol. The van der Waals surface area contributed by atoms with Crippen molar-refractivity contribution >= 4 is 40.9 Å². The van der Waals surface area contributed by atoms with E-state index in [1.54, 1.807) is 45.3 Å². The molecular formula is C27H33F2N5O3S. The van der Waals surface area contributed by atoms with Crippen LogP contribution in [-0.2, 0) is 22.6 Å². The Balaban J connectivity index is 1.81. The van der Waals surface area contributed by atoms with Gasteiger partial charge >= 0.3 is 0 Å². The summed E-state index contributed by atoms with van der Waals surface area (Å²) >= 11 is -0.0608. The molecule has 0 fully saturated rings. The highest BCUT2D eigenvalue weighted by atomic mass is 32.2. The number of amides is 2. The number of anilines is 1. The molecule has 11 heteroatoms. The van der Waals surface area contributed by atoms with Gasteiger partial charge in [-0.2, -0.15) is 0 Å². The van der Waals surface area contributed by atoms with Gasteiger partial charge in [0.2, 0.25) is 11.8 Å². The first-order valence-corrected chi connectivity index (χ1v) is 13.1. The SMILES string of the molecule is Cc1ccc(NC(=O)CCC/C=C/C(=O)N(C)C)c(=O)n1Cc1cc2ncc(F)c(CC(C)C)c2n1SF. The van der Waals surface area contributed by atoms with Gasteiger partial charge in [0, 0.05) is 31.8 Å². The summed E-state index contributed by atoms with van der Waals surface area (Å²) in [6, 6.07) is 4.89. The molecule has 0 spiro atoms. The number of unbranched alkanes of at least 4 members (excludes halogenated alkanes) is 1. The van der Waals surface area contributed by atoms with Crippen LogP contribution in [0.5, 0.6) is 0 Å². The summed E-state index contributed by atoms with van der Waals surface area (Å²) < 4.78 is 31.5. The van der Waals surface area contributed by atoms with Crippen molar-refractivity contribution in [2.24, 2.45) is 5.92 Å². The topological polar surface area (TPSA) is 89.2 Å². The number of halogens is 2. The first-order chi connectivity index (χ1) is 18.0. The molecule has 8 nitrogen and oxygen atoms in total. The van der Waals surface area contributed by atoms with Crippen molar-refractivity contribution in [3.8, 4) is 0 Å². The number of fused-ring (bicyclic) bond motifs is 1. The maximum absolute atomic E-state index is 14.6. The number of hydrogen-bond acceptors (Lipinski definition) is 5. The zero-order valence-corrected chi connectivity index (χ0v) is 23.1. The van der Waals surface area contributed by atoms with Crippen LogP contribution in [0.4, 0.5) is 14.0 Å². The van der Waals surface area contributed by atoms with Crippen molar-refractivity contribution in [2.75, 3.05) is 19.4 Å². The Labute approximate surface area is 225 Å². The maximum Gasteiger partial charge on any atom is 0.274 e. The van der Waals surface area contributed by atoms with Gasteiger partial charge in [-0.25, -0.2) is 4.39 Å². The highest BCUT2D eigenvalue weighted by molar-refractivity contribution is 7.93. The van der Waals surface area contributed by atoms with Crippen LogP contribution in [0.1, 0.15) is 50.1 Å². The first-order valence-electron chi connectivity index (χ1n) is 12.4. The molecule has 2 amide bonds. The predicted octanol–water partition coefficient (Wildman–Crippen LogP) is 5.03. The van der Waals surface area contributed by atoms with Gasteiger partial charge in [-0.3, -0.25) is 23.3 Å². The molecule has 3 aromatic heterocycles. The standard InChI is InChI=1S/C27H33F2N5O3S/c1-17(2)13-20-21(28)15-30-23-14-19(34(38-29)26(20)23)16-33-18(3)11-12-22(27(33)37)31-24(35)9-7-6-8-10-25(36)32(4)5/h8,10-12,14-15,17H,6-7,9,13,16H2,1-5H3,(H,31,35)/b10-8+. The fourth-order valence-corrected chi connectivity index (χ4v) is 4.54. The average Bonchev–Trinajstić information content (AvgIpc) is 3.22. The summed E-state index contributed by atoms with van der Waals surface area (Å²) in [5, 5.41) is 2.66. The molecule has 0 saturated carbocycles. The van der Waals surface area contributed by atoms with Crippen molar-refractivity contribution in [2.45, 2.75) is 53.0 Å².